The second-order valence-electron chi connectivity index (χ2n) is 9.88. The third-order valence-electron chi connectivity index (χ3n) is 5.79. The van der Waals surface area contributed by atoms with Crippen LogP contribution in [0.5, 0.6) is 5.75 Å². The Labute approximate surface area is 209 Å². The normalized spacial score (nSPS) is 11.8. The van der Waals surface area contributed by atoms with Crippen LogP contribution >= 0.6 is 0 Å². The lowest BCUT2D eigenvalue weighted by molar-refractivity contribution is 0.0877. The number of pyridine rings is 1. The van der Waals surface area contributed by atoms with E-state index in [0.29, 0.717) is 23.7 Å². The average molecular weight is 513 g/mol. The first-order valence-electron chi connectivity index (χ1n) is 11.7. The molecule has 0 amide bonds. The van der Waals surface area contributed by atoms with Gasteiger partial charge in [0, 0.05) is 38.6 Å². The molecule has 4 rings (SSSR count). The number of benzene rings is 2. The van der Waals surface area contributed by atoms with Gasteiger partial charge in [-0.1, -0.05) is 19.6 Å². The van der Waals surface area contributed by atoms with Crippen LogP contribution in [0.4, 0.5) is 14.5 Å². The zero-order chi connectivity index (χ0) is 25.9. The van der Waals surface area contributed by atoms with Crippen molar-refractivity contribution in [3.05, 3.63) is 88.1 Å². The Bertz CT molecular complexity index is 1430. The number of ether oxygens (including phenoxy) is 2. The molecule has 4 aromatic rings. The van der Waals surface area contributed by atoms with Crippen molar-refractivity contribution in [3.8, 4) is 5.75 Å². The highest BCUT2D eigenvalue weighted by Gasteiger charge is 2.16. The fraction of sp³-hybridized carbons (Fsp3) is 0.308. The van der Waals surface area contributed by atoms with Gasteiger partial charge >= 0.3 is 0 Å². The van der Waals surface area contributed by atoms with Gasteiger partial charge in [0.1, 0.15) is 36.5 Å². The fourth-order valence-electron chi connectivity index (χ4n) is 3.68. The standard InChI is InChI=1S/C26H30F2N4O3Si/c1-36(2,3)12-11-34-17-32-24-9-8-20(35-16-18-6-7-19(27)13-21(18)28)14-23(24)30-25(32)15-31-10-4-5-22(29)26(31)33/h4-10,13-14H,11-12,15-17,29H2,1-3H3. The topological polar surface area (TPSA) is 84.3 Å². The SMILES string of the molecule is C[Si](C)(C)CCOCn1c(Cn2cccc(N)c2=O)nc2cc(OCc3ccc(F)cc3F)ccc21. The Kier molecular flexibility index (Phi) is 7.55. The first-order valence-corrected chi connectivity index (χ1v) is 15.4. The molecule has 0 bridgehead atoms. The van der Waals surface area contributed by atoms with Gasteiger partial charge < -0.3 is 24.3 Å². The van der Waals surface area contributed by atoms with Gasteiger partial charge in [-0.2, -0.15) is 0 Å². The Morgan fingerprint density at radius 2 is 1.89 bits per heavy atom. The summed E-state index contributed by atoms with van der Waals surface area (Å²) in [6.07, 6.45) is 1.67. The maximum absolute atomic E-state index is 14.0. The first-order chi connectivity index (χ1) is 17.1. The van der Waals surface area contributed by atoms with E-state index >= 15 is 0 Å². The van der Waals surface area contributed by atoms with Gasteiger partial charge in [-0.25, -0.2) is 13.8 Å². The minimum atomic E-state index is -1.25. The van der Waals surface area contributed by atoms with Crippen LogP contribution in [0, 0.1) is 11.6 Å². The number of fused-ring (bicyclic) bond motifs is 1. The molecule has 190 valence electrons. The molecule has 2 aromatic heterocycles. The molecule has 36 heavy (non-hydrogen) atoms. The smallest absolute Gasteiger partial charge is 0.274 e. The lowest BCUT2D eigenvalue weighted by atomic mass is 10.2. The highest BCUT2D eigenvalue weighted by molar-refractivity contribution is 6.76. The van der Waals surface area contributed by atoms with E-state index in [0.717, 1.165) is 17.6 Å². The van der Waals surface area contributed by atoms with E-state index in [4.69, 9.17) is 20.2 Å². The number of hydrogen-bond acceptors (Lipinski definition) is 5. The minimum absolute atomic E-state index is 0.0519. The molecule has 0 saturated carbocycles. The fourth-order valence-corrected chi connectivity index (χ4v) is 4.44. The summed E-state index contributed by atoms with van der Waals surface area (Å²) in [6.45, 7) is 7.96. The number of rotatable bonds is 10. The Morgan fingerprint density at radius 3 is 2.64 bits per heavy atom. The second-order valence-corrected chi connectivity index (χ2v) is 15.5. The molecule has 7 nitrogen and oxygen atoms in total. The molecule has 0 spiro atoms. The van der Waals surface area contributed by atoms with Crippen molar-refractivity contribution in [2.75, 3.05) is 12.3 Å². The van der Waals surface area contributed by atoms with Gasteiger partial charge in [-0.15, -0.1) is 0 Å². The zero-order valence-electron chi connectivity index (χ0n) is 20.6. The van der Waals surface area contributed by atoms with Crippen molar-refractivity contribution in [1.82, 2.24) is 14.1 Å². The lowest BCUT2D eigenvalue weighted by Crippen LogP contribution is -2.24. The number of hydrogen-bond donors (Lipinski definition) is 1. The summed E-state index contributed by atoms with van der Waals surface area (Å²) in [7, 11) is -1.25. The monoisotopic (exact) mass is 512 g/mol. The van der Waals surface area contributed by atoms with Crippen molar-refractivity contribution in [3.63, 3.8) is 0 Å². The molecule has 0 aliphatic rings. The zero-order valence-corrected chi connectivity index (χ0v) is 21.6. The van der Waals surface area contributed by atoms with E-state index in [2.05, 4.69) is 19.6 Å². The second kappa shape index (κ2) is 10.6. The van der Waals surface area contributed by atoms with Crippen LogP contribution in [0.2, 0.25) is 25.7 Å². The van der Waals surface area contributed by atoms with Crippen LogP contribution in [0.1, 0.15) is 11.4 Å². The molecule has 2 N–H and O–H groups in total. The summed E-state index contributed by atoms with van der Waals surface area (Å²) in [5, 5.41) is 0. The van der Waals surface area contributed by atoms with Crippen molar-refractivity contribution in [1.29, 1.82) is 0 Å². The molecule has 0 unspecified atom stereocenters. The predicted molar refractivity (Wildman–Crippen MR) is 139 cm³/mol. The largest absolute Gasteiger partial charge is 0.489 e. The molecule has 0 saturated heterocycles. The van der Waals surface area contributed by atoms with Gasteiger partial charge in [0.15, 0.2) is 0 Å². The maximum atomic E-state index is 14.0. The van der Waals surface area contributed by atoms with E-state index in [-0.39, 0.29) is 36.7 Å². The van der Waals surface area contributed by atoms with E-state index in [1.807, 2.05) is 10.6 Å². The van der Waals surface area contributed by atoms with Gasteiger partial charge in [0.2, 0.25) is 0 Å². The predicted octanol–water partition coefficient (Wildman–Crippen LogP) is 5.00. The molecule has 2 heterocycles. The van der Waals surface area contributed by atoms with Gasteiger partial charge in [-0.3, -0.25) is 4.79 Å². The van der Waals surface area contributed by atoms with Crippen LogP contribution in [0.3, 0.4) is 0 Å². The molecule has 0 aliphatic carbocycles. The van der Waals surface area contributed by atoms with Crippen LogP contribution in [0.15, 0.2) is 59.5 Å². The number of nitrogen functional groups attached to an aromatic ring is 1. The molecule has 10 heteroatoms. The van der Waals surface area contributed by atoms with E-state index < -0.39 is 19.7 Å². The molecular formula is C26H30F2N4O3Si. The molecular weight excluding hydrogens is 482 g/mol. The number of halogens is 2. The summed E-state index contributed by atoms with van der Waals surface area (Å²) in [6, 6.07) is 13.1. The van der Waals surface area contributed by atoms with Crippen molar-refractivity contribution >= 4 is 24.8 Å². The van der Waals surface area contributed by atoms with Crippen LogP contribution in [-0.4, -0.2) is 28.8 Å². The molecule has 0 aliphatic heterocycles. The summed E-state index contributed by atoms with van der Waals surface area (Å²) >= 11 is 0. The van der Waals surface area contributed by atoms with Crippen molar-refractivity contribution < 1.29 is 18.3 Å². The Hall–Kier alpha value is -3.50. The van der Waals surface area contributed by atoms with E-state index in [1.165, 1.54) is 16.7 Å². The number of anilines is 1. The highest BCUT2D eigenvalue weighted by atomic mass is 28.3. The number of nitrogens with zero attached hydrogens (tertiary/aromatic N) is 3. The Balaban J connectivity index is 1.60. The number of aromatic nitrogens is 3. The molecule has 0 atom stereocenters. The summed E-state index contributed by atoms with van der Waals surface area (Å²) in [4.78, 5) is 17.2. The number of imidazole rings is 1. The van der Waals surface area contributed by atoms with Crippen LogP contribution in [0.25, 0.3) is 11.0 Å². The van der Waals surface area contributed by atoms with Gasteiger partial charge in [-0.05, 0) is 42.4 Å². The van der Waals surface area contributed by atoms with Crippen LogP contribution in [-0.2, 0) is 24.6 Å². The van der Waals surface area contributed by atoms with Crippen molar-refractivity contribution in [2.45, 2.75) is 45.6 Å². The molecule has 0 fully saturated rings. The summed E-state index contributed by atoms with van der Waals surface area (Å²) in [5.41, 5.74) is 7.38. The molecule has 0 radical (unpaired) electrons. The maximum Gasteiger partial charge on any atom is 0.274 e. The Morgan fingerprint density at radius 1 is 1.08 bits per heavy atom. The quantitative estimate of drug-likeness (QED) is 0.239. The third kappa shape index (κ3) is 6.19. The summed E-state index contributed by atoms with van der Waals surface area (Å²) < 4.78 is 42.3. The van der Waals surface area contributed by atoms with Crippen molar-refractivity contribution in [2.24, 2.45) is 0 Å². The van der Waals surface area contributed by atoms with E-state index in [9.17, 15) is 13.6 Å². The minimum Gasteiger partial charge on any atom is -0.489 e. The van der Waals surface area contributed by atoms with Crippen LogP contribution < -0.4 is 16.0 Å². The van der Waals surface area contributed by atoms with E-state index in [1.54, 1.807) is 30.5 Å². The van der Waals surface area contributed by atoms with Gasteiger partial charge in [0.05, 0.1) is 23.3 Å². The highest BCUT2D eigenvalue weighted by Crippen LogP contribution is 2.24. The summed E-state index contributed by atoms with van der Waals surface area (Å²) in [5.74, 6) is -0.177. The number of nitrogens with two attached hydrogens (primary N) is 1. The lowest BCUT2D eigenvalue weighted by Gasteiger charge is -2.16. The molecule has 2 aromatic carbocycles. The van der Waals surface area contributed by atoms with Gasteiger partial charge in [0.25, 0.3) is 5.56 Å². The third-order valence-corrected chi connectivity index (χ3v) is 7.49. The average Bonchev–Trinajstić information content (AvgIpc) is 3.14. The first kappa shape index (κ1) is 25.6.